The molecule has 0 aromatic heterocycles. The van der Waals surface area contributed by atoms with E-state index in [1.807, 2.05) is 0 Å². The highest BCUT2D eigenvalue weighted by Crippen LogP contribution is 2.13. The maximum absolute atomic E-state index is 3.46. The SMILES string of the molecule is CCCCCCCCCCCCCCCCC#C[Si](C)(C)C. The van der Waals surface area contributed by atoms with Crippen molar-refractivity contribution in [1.82, 2.24) is 0 Å². The Bertz CT molecular complexity index is 277. The lowest BCUT2D eigenvalue weighted by Gasteiger charge is -2.04. The van der Waals surface area contributed by atoms with Crippen LogP contribution in [0.15, 0.2) is 0 Å². The van der Waals surface area contributed by atoms with Crippen molar-refractivity contribution in [2.75, 3.05) is 0 Å². The summed E-state index contributed by atoms with van der Waals surface area (Å²) in [4.78, 5) is 0. The maximum atomic E-state index is 3.46. The molecule has 0 radical (unpaired) electrons. The topological polar surface area (TPSA) is 0 Å². The fourth-order valence-electron chi connectivity index (χ4n) is 2.74. The first-order valence-electron chi connectivity index (χ1n) is 10.1. The van der Waals surface area contributed by atoms with Gasteiger partial charge in [0.1, 0.15) is 8.07 Å². The molecule has 1 heteroatoms. The molecule has 0 aliphatic carbocycles. The number of rotatable bonds is 14. The highest BCUT2D eigenvalue weighted by atomic mass is 28.3. The molecule has 0 aliphatic rings. The zero-order chi connectivity index (χ0) is 16.5. The van der Waals surface area contributed by atoms with Gasteiger partial charge in [0.2, 0.25) is 0 Å². The van der Waals surface area contributed by atoms with Crippen molar-refractivity contribution in [2.45, 2.75) is 123 Å². The Labute approximate surface area is 142 Å². The van der Waals surface area contributed by atoms with Crippen molar-refractivity contribution < 1.29 is 0 Å². The number of unbranched alkanes of at least 4 members (excludes halogenated alkanes) is 14. The van der Waals surface area contributed by atoms with Crippen LogP contribution in [0.4, 0.5) is 0 Å². The highest BCUT2D eigenvalue weighted by Gasteiger charge is 2.06. The molecule has 0 amide bonds. The third kappa shape index (κ3) is 19.8. The van der Waals surface area contributed by atoms with Crippen molar-refractivity contribution in [2.24, 2.45) is 0 Å². The quantitative estimate of drug-likeness (QED) is 0.174. The molecule has 0 N–H and O–H groups in total. The van der Waals surface area contributed by atoms with Crippen molar-refractivity contribution in [3.63, 3.8) is 0 Å². The van der Waals surface area contributed by atoms with E-state index in [1.165, 1.54) is 89.9 Å². The Morgan fingerprint density at radius 3 is 1.27 bits per heavy atom. The van der Waals surface area contributed by atoms with E-state index in [0.29, 0.717) is 0 Å². The molecule has 0 saturated carbocycles. The van der Waals surface area contributed by atoms with E-state index in [-0.39, 0.29) is 0 Å². The van der Waals surface area contributed by atoms with Crippen LogP contribution in [0.5, 0.6) is 0 Å². The van der Waals surface area contributed by atoms with Gasteiger partial charge in [-0.3, -0.25) is 0 Å². The molecule has 0 fully saturated rings. The molecule has 0 aliphatic heterocycles. The van der Waals surface area contributed by atoms with Gasteiger partial charge in [0, 0.05) is 6.42 Å². The lowest BCUT2D eigenvalue weighted by molar-refractivity contribution is 0.536. The molecular formula is C21H42Si. The van der Waals surface area contributed by atoms with Crippen LogP contribution in [-0.4, -0.2) is 8.07 Å². The van der Waals surface area contributed by atoms with Crippen molar-refractivity contribution in [3.05, 3.63) is 0 Å². The zero-order valence-corrected chi connectivity index (χ0v) is 17.1. The van der Waals surface area contributed by atoms with Gasteiger partial charge in [-0.15, -0.1) is 11.5 Å². The standard InChI is InChI=1S/C21H42Si/c1-5-6-7-8-9-10-11-12-13-14-15-16-17-18-19-20-21-22(2,3)4/h5-19H2,1-4H3. The fourth-order valence-corrected chi connectivity index (χ4v) is 3.39. The van der Waals surface area contributed by atoms with E-state index in [2.05, 4.69) is 38.0 Å². The Morgan fingerprint density at radius 1 is 0.545 bits per heavy atom. The molecule has 0 heterocycles. The van der Waals surface area contributed by atoms with Crippen LogP contribution < -0.4 is 0 Å². The summed E-state index contributed by atoms with van der Waals surface area (Å²) >= 11 is 0. The summed E-state index contributed by atoms with van der Waals surface area (Å²) in [6.45, 7) is 9.27. The van der Waals surface area contributed by atoms with Crippen molar-refractivity contribution in [1.29, 1.82) is 0 Å². The van der Waals surface area contributed by atoms with Crippen LogP contribution in [0.1, 0.15) is 103 Å². The minimum absolute atomic E-state index is 1.13. The van der Waals surface area contributed by atoms with Crippen molar-refractivity contribution in [3.8, 4) is 11.5 Å². The Morgan fingerprint density at radius 2 is 0.909 bits per heavy atom. The Balaban J connectivity index is 3.10. The van der Waals surface area contributed by atoms with Gasteiger partial charge in [0.05, 0.1) is 0 Å². The zero-order valence-electron chi connectivity index (χ0n) is 16.1. The third-order valence-electron chi connectivity index (χ3n) is 4.12. The second-order valence-corrected chi connectivity index (χ2v) is 12.6. The molecular weight excluding hydrogens is 280 g/mol. The summed E-state index contributed by atoms with van der Waals surface area (Å²) in [6, 6.07) is 0. The van der Waals surface area contributed by atoms with Gasteiger partial charge in [-0.2, -0.15) is 0 Å². The molecule has 130 valence electrons. The summed E-state index contributed by atoms with van der Waals surface area (Å²) in [5.41, 5.74) is 3.46. The molecule has 0 saturated heterocycles. The molecule has 0 rings (SSSR count). The molecule has 0 aromatic rings. The second-order valence-electron chi connectivity index (χ2n) is 7.90. The molecule has 0 bridgehead atoms. The molecule has 0 nitrogen and oxygen atoms in total. The van der Waals surface area contributed by atoms with Gasteiger partial charge in [-0.25, -0.2) is 0 Å². The van der Waals surface area contributed by atoms with Crippen LogP contribution in [-0.2, 0) is 0 Å². The van der Waals surface area contributed by atoms with E-state index in [1.54, 1.807) is 0 Å². The van der Waals surface area contributed by atoms with Gasteiger partial charge >= 0.3 is 0 Å². The molecule has 0 spiro atoms. The monoisotopic (exact) mass is 322 g/mol. The maximum Gasteiger partial charge on any atom is 0.129 e. The molecule has 0 unspecified atom stereocenters. The molecule has 22 heavy (non-hydrogen) atoms. The normalized spacial score (nSPS) is 11.3. The number of hydrogen-bond acceptors (Lipinski definition) is 0. The highest BCUT2D eigenvalue weighted by molar-refractivity contribution is 6.83. The summed E-state index contributed by atoms with van der Waals surface area (Å²) in [7, 11) is -1.13. The largest absolute Gasteiger partial charge is 0.132 e. The van der Waals surface area contributed by atoms with Gasteiger partial charge in [-0.05, 0) is 6.42 Å². The summed E-state index contributed by atoms with van der Waals surface area (Å²) < 4.78 is 0. The first-order chi connectivity index (χ1) is 10.6. The molecule has 0 atom stereocenters. The summed E-state index contributed by atoms with van der Waals surface area (Å²) in [5.74, 6) is 3.38. The van der Waals surface area contributed by atoms with Crippen LogP contribution in [0.3, 0.4) is 0 Å². The van der Waals surface area contributed by atoms with Crippen LogP contribution in [0.2, 0.25) is 19.6 Å². The van der Waals surface area contributed by atoms with Gasteiger partial charge in [0.25, 0.3) is 0 Å². The van der Waals surface area contributed by atoms with E-state index >= 15 is 0 Å². The van der Waals surface area contributed by atoms with E-state index in [4.69, 9.17) is 0 Å². The lowest BCUT2D eigenvalue weighted by Crippen LogP contribution is -2.16. The first kappa shape index (κ1) is 21.8. The molecule has 0 aromatic carbocycles. The summed E-state index contributed by atoms with van der Waals surface area (Å²) in [5, 5.41) is 0. The lowest BCUT2D eigenvalue weighted by atomic mass is 10.0. The predicted molar refractivity (Wildman–Crippen MR) is 106 cm³/mol. The van der Waals surface area contributed by atoms with Crippen LogP contribution in [0.25, 0.3) is 0 Å². The second kappa shape index (κ2) is 15.7. The predicted octanol–water partition coefficient (Wildman–Crippen LogP) is 7.74. The van der Waals surface area contributed by atoms with Crippen LogP contribution >= 0.6 is 0 Å². The minimum atomic E-state index is -1.13. The van der Waals surface area contributed by atoms with E-state index in [0.717, 1.165) is 6.42 Å². The van der Waals surface area contributed by atoms with Gasteiger partial charge < -0.3 is 0 Å². The smallest absolute Gasteiger partial charge is 0.129 e. The summed E-state index contributed by atoms with van der Waals surface area (Å²) in [6.07, 6.45) is 21.2. The van der Waals surface area contributed by atoms with Gasteiger partial charge in [-0.1, -0.05) is 110 Å². The first-order valence-corrected chi connectivity index (χ1v) is 13.6. The number of hydrogen-bond donors (Lipinski definition) is 0. The van der Waals surface area contributed by atoms with E-state index < -0.39 is 8.07 Å². The average molecular weight is 323 g/mol. The van der Waals surface area contributed by atoms with Crippen LogP contribution in [0, 0.1) is 11.5 Å². The Kier molecular flexibility index (Phi) is 15.5. The fraction of sp³-hybridized carbons (Fsp3) is 0.905. The Hall–Kier alpha value is -0.223. The average Bonchev–Trinajstić information content (AvgIpc) is 2.45. The van der Waals surface area contributed by atoms with Gasteiger partial charge in [0.15, 0.2) is 0 Å². The third-order valence-corrected chi connectivity index (χ3v) is 5.05. The van der Waals surface area contributed by atoms with Crippen molar-refractivity contribution >= 4 is 8.07 Å². The van der Waals surface area contributed by atoms with E-state index in [9.17, 15) is 0 Å². The minimum Gasteiger partial charge on any atom is -0.132 e.